The van der Waals surface area contributed by atoms with Gasteiger partial charge in [-0.1, -0.05) is 6.08 Å². The first-order chi connectivity index (χ1) is 9.08. The van der Waals surface area contributed by atoms with E-state index < -0.39 is 0 Å². The van der Waals surface area contributed by atoms with E-state index in [-0.39, 0.29) is 17.9 Å². The summed E-state index contributed by atoms with van der Waals surface area (Å²) in [5.74, 6) is 0.734. The normalized spacial score (nSPS) is 34.6. The summed E-state index contributed by atoms with van der Waals surface area (Å²) in [7, 11) is 1.86. The number of carbonyl (C=O) groups is 1. The molecule has 0 aromatic carbocycles. The molecule has 2 unspecified atom stereocenters. The van der Waals surface area contributed by atoms with Gasteiger partial charge in [-0.25, -0.2) is 0 Å². The van der Waals surface area contributed by atoms with Crippen LogP contribution in [0, 0.1) is 5.92 Å². The number of hydrogen-bond donors (Lipinski definition) is 2. The van der Waals surface area contributed by atoms with Gasteiger partial charge in [-0.15, -0.1) is 0 Å². The summed E-state index contributed by atoms with van der Waals surface area (Å²) in [6.45, 7) is 2.72. The summed E-state index contributed by atoms with van der Waals surface area (Å²) in [6, 6.07) is 0.524. The zero-order valence-corrected chi connectivity index (χ0v) is 11.5. The lowest BCUT2D eigenvalue weighted by Crippen LogP contribution is -2.52. The molecule has 1 amide bonds. The van der Waals surface area contributed by atoms with Gasteiger partial charge >= 0.3 is 0 Å². The van der Waals surface area contributed by atoms with E-state index in [9.17, 15) is 4.79 Å². The Morgan fingerprint density at radius 2 is 2.32 bits per heavy atom. The molecule has 2 aliphatic heterocycles. The van der Waals surface area contributed by atoms with Gasteiger partial charge in [0, 0.05) is 37.2 Å². The summed E-state index contributed by atoms with van der Waals surface area (Å²) >= 11 is 0. The molecule has 3 N–H and O–H groups in total. The van der Waals surface area contributed by atoms with Gasteiger partial charge in [0.05, 0.1) is 12.3 Å². The van der Waals surface area contributed by atoms with Crippen LogP contribution in [-0.2, 0) is 9.53 Å². The standard InChI is InChI=1S/C14H21N3O2/c1-8-5-6-19-13-12(16-8)10-7-9(15)3-4-11(10)17(2)14(13)18/h3,8,10-11,16H,4-7,15H2,1-2H3/t8-,10?,11?/m0/s1. The van der Waals surface area contributed by atoms with Crippen LogP contribution < -0.4 is 11.1 Å². The first kappa shape index (κ1) is 12.4. The van der Waals surface area contributed by atoms with Crippen molar-refractivity contribution in [1.29, 1.82) is 0 Å². The Hall–Kier alpha value is -1.65. The fourth-order valence-corrected chi connectivity index (χ4v) is 3.21. The molecule has 5 heteroatoms. The summed E-state index contributed by atoms with van der Waals surface area (Å²) in [5.41, 5.74) is 7.86. The van der Waals surface area contributed by atoms with E-state index in [0.717, 1.165) is 30.7 Å². The molecule has 3 atom stereocenters. The van der Waals surface area contributed by atoms with E-state index in [4.69, 9.17) is 10.5 Å². The number of fused-ring (bicyclic) bond motifs is 2. The average molecular weight is 263 g/mol. The largest absolute Gasteiger partial charge is 0.486 e. The Morgan fingerprint density at radius 1 is 1.53 bits per heavy atom. The highest BCUT2D eigenvalue weighted by atomic mass is 16.5. The number of amides is 1. The topological polar surface area (TPSA) is 67.6 Å². The lowest BCUT2D eigenvalue weighted by molar-refractivity contribution is -0.134. The predicted octanol–water partition coefficient (Wildman–Crippen LogP) is 0.690. The van der Waals surface area contributed by atoms with Gasteiger partial charge in [-0.3, -0.25) is 4.79 Å². The van der Waals surface area contributed by atoms with Crippen LogP contribution in [0.25, 0.3) is 0 Å². The minimum Gasteiger partial charge on any atom is -0.486 e. The first-order valence-corrected chi connectivity index (χ1v) is 6.93. The molecule has 0 fully saturated rings. The molecule has 1 aliphatic carbocycles. The van der Waals surface area contributed by atoms with E-state index >= 15 is 0 Å². The smallest absolute Gasteiger partial charge is 0.290 e. The molecule has 2 heterocycles. The van der Waals surface area contributed by atoms with Crippen molar-refractivity contribution in [3.8, 4) is 0 Å². The molecular weight excluding hydrogens is 242 g/mol. The maximum Gasteiger partial charge on any atom is 0.290 e. The Labute approximate surface area is 113 Å². The highest BCUT2D eigenvalue weighted by molar-refractivity contribution is 5.93. The van der Waals surface area contributed by atoms with Crippen LogP contribution in [0.5, 0.6) is 0 Å². The van der Waals surface area contributed by atoms with Gasteiger partial charge in [0.15, 0.2) is 0 Å². The number of nitrogens with one attached hydrogen (secondary N) is 1. The van der Waals surface area contributed by atoms with Crippen molar-refractivity contribution < 1.29 is 9.53 Å². The minimum absolute atomic E-state index is 0.00767. The van der Waals surface area contributed by atoms with Crippen LogP contribution in [0.15, 0.2) is 23.2 Å². The third-order valence-corrected chi connectivity index (χ3v) is 4.37. The monoisotopic (exact) mass is 263 g/mol. The van der Waals surface area contributed by atoms with Crippen LogP contribution in [0.1, 0.15) is 26.2 Å². The van der Waals surface area contributed by atoms with Gasteiger partial charge in [0.2, 0.25) is 5.76 Å². The lowest BCUT2D eigenvalue weighted by Gasteiger charge is -2.42. The summed E-state index contributed by atoms with van der Waals surface area (Å²) < 4.78 is 5.71. The molecule has 0 aromatic heterocycles. The number of nitrogens with zero attached hydrogens (tertiary/aromatic N) is 1. The number of ether oxygens (including phenoxy) is 1. The molecule has 19 heavy (non-hydrogen) atoms. The van der Waals surface area contributed by atoms with E-state index in [0.29, 0.717) is 18.4 Å². The Kier molecular flexibility index (Phi) is 2.92. The zero-order valence-electron chi connectivity index (χ0n) is 11.5. The molecule has 3 aliphatic rings. The third-order valence-electron chi connectivity index (χ3n) is 4.37. The Morgan fingerprint density at radius 3 is 3.11 bits per heavy atom. The number of rotatable bonds is 0. The number of carbonyl (C=O) groups excluding carboxylic acids is 1. The second-order valence-electron chi connectivity index (χ2n) is 5.73. The van der Waals surface area contributed by atoms with Crippen molar-refractivity contribution in [2.75, 3.05) is 13.7 Å². The van der Waals surface area contributed by atoms with Gasteiger partial charge in [-0.2, -0.15) is 0 Å². The first-order valence-electron chi connectivity index (χ1n) is 6.93. The Bertz CT molecular complexity index is 469. The highest BCUT2D eigenvalue weighted by Gasteiger charge is 2.43. The van der Waals surface area contributed by atoms with E-state index in [1.807, 2.05) is 18.0 Å². The maximum atomic E-state index is 12.4. The molecule has 0 saturated heterocycles. The summed E-state index contributed by atoms with van der Waals surface area (Å²) in [4.78, 5) is 14.2. The van der Waals surface area contributed by atoms with E-state index in [2.05, 4.69) is 12.2 Å². The van der Waals surface area contributed by atoms with Gasteiger partial charge in [0.1, 0.15) is 0 Å². The second kappa shape index (κ2) is 4.47. The summed E-state index contributed by atoms with van der Waals surface area (Å²) in [6.07, 6.45) is 4.57. The SMILES string of the molecule is C[C@H]1CCOC2=C(N1)C1CC(N)=CCC1N(C)C2=O. The van der Waals surface area contributed by atoms with Crippen molar-refractivity contribution in [2.45, 2.75) is 38.3 Å². The molecule has 0 bridgehead atoms. The fraction of sp³-hybridized carbons (Fsp3) is 0.643. The van der Waals surface area contributed by atoms with E-state index in [1.165, 1.54) is 0 Å². The van der Waals surface area contributed by atoms with Crippen LogP contribution >= 0.6 is 0 Å². The molecule has 0 saturated carbocycles. The van der Waals surface area contributed by atoms with E-state index in [1.54, 1.807) is 0 Å². The highest BCUT2D eigenvalue weighted by Crippen LogP contribution is 2.37. The van der Waals surface area contributed by atoms with Crippen LogP contribution in [0.2, 0.25) is 0 Å². The molecule has 0 aromatic rings. The maximum absolute atomic E-state index is 12.4. The Balaban J connectivity index is 2.02. The quantitative estimate of drug-likeness (QED) is 0.675. The fourth-order valence-electron chi connectivity index (χ4n) is 3.21. The predicted molar refractivity (Wildman–Crippen MR) is 71.7 cm³/mol. The molecule has 3 rings (SSSR count). The van der Waals surface area contributed by atoms with Crippen molar-refractivity contribution in [3.05, 3.63) is 23.2 Å². The molecular formula is C14H21N3O2. The number of likely N-dealkylation sites (N-methyl/N-ethyl adjacent to an activating group) is 1. The van der Waals surface area contributed by atoms with Crippen LogP contribution in [0.3, 0.4) is 0 Å². The van der Waals surface area contributed by atoms with Crippen LogP contribution in [0.4, 0.5) is 0 Å². The van der Waals surface area contributed by atoms with Gasteiger partial charge in [-0.05, 0) is 19.8 Å². The second-order valence-corrected chi connectivity index (χ2v) is 5.73. The van der Waals surface area contributed by atoms with Gasteiger partial charge in [0.25, 0.3) is 5.91 Å². The molecule has 104 valence electrons. The summed E-state index contributed by atoms with van der Waals surface area (Å²) in [5, 5.41) is 3.48. The number of allylic oxidation sites excluding steroid dienone is 1. The van der Waals surface area contributed by atoms with Crippen LogP contribution in [-0.4, -0.2) is 36.5 Å². The third kappa shape index (κ3) is 1.97. The average Bonchev–Trinajstić information content (AvgIpc) is 2.58. The lowest BCUT2D eigenvalue weighted by atomic mass is 9.81. The van der Waals surface area contributed by atoms with Crippen molar-refractivity contribution in [1.82, 2.24) is 10.2 Å². The van der Waals surface area contributed by atoms with Crippen molar-refractivity contribution >= 4 is 5.91 Å². The van der Waals surface area contributed by atoms with Crippen molar-refractivity contribution in [3.63, 3.8) is 0 Å². The zero-order chi connectivity index (χ0) is 13.6. The van der Waals surface area contributed by atoms with Crippen molar-refractivity contribution in [2.24, 2.45) is 11.7 Å². The van der Waals surface area contributed by atoms with Gasteiger partial charge < -0.3 is 20.7 Å². The number of hydrogen-bond acceptors (Lipinski definition) is 4. The molecule has 0 spiro atoms. The number of nitrogens with two attached hydrogens (primary N) is 1. The molecule has 5 nitrogen and oxygen atoms in total. The molecule has 0 radical (unpaired) electrons. The minimum atomic E-state index is -0.00767.